The van der Waals surface area contributed by atoms with E-state index in [1.165, 1.54) is 51.4 Å². The number of carboxylic acids is 1. The van der Waals surface area contributed by atoms with Crippen LogP contribution in [-0.4, -0.2) is 15.2 Å². The van der Waals surface area contributed by atoms with Gasteiger partial charge in [-0.3, -0.25) is 4.79 Å². The number of carbonyl (C=O) groups is 1. The summed E-state index contributed by atoms with van der Waals surface area (Å²) >= 11 is 8.60. The Hall–Kier alpha value is 0.170. The number of rotatable bonds is 13. The van der Waals surface area contributed by atoms with Crippen LogP contribution < -0.4 is 0 Å². The Morgan fingerprint density at radius 2 is 1.32 bits per heavy atom. The third-order valence-electron chi connectivity index (χ3n) is 3.37. The first-order valence-corrected chi connectivity index (χ1v) is 8.54. The predicted octanol–water partition coefficient (Wildman–Crippen LogP) is 5.33. The topological polar surface area (TPSA) is 37.3 Å². The van der Waals surface area contributed by atoms with Gasteiger partial charge < -0.3 is 5.11 Å². The van der Waals surface area contributed by atoms with Gasteiger partial charge >= 0.3 is 5.97 Å². The van der Waals surface area contributed by atoms with E-state index >= 15 is 0 Å². The maximum Gasteiger partial charge on any atom is 0.305 e. The second kappa shape index (κ2) is 12.0. The molecule has 0 aliphatic carbocycles. The molecule has 114 valence electrons. The van der Waals surface area contributed by atoms with Gasteiger partial charge in [0.15, 0.2) is 0 Å². The summed E-state index contributed by atoms with van der Waals surface area (Å²) in [6.45, 7) is 2.24. The lowest BCUT2D eigenvalue weighted by molar-refractivity contribution is -0.137. The fraction of sp³-hybridized carbons (Fsp3) is 0.933. The van der Waals surface area contributed by atoms with Crippen molar-refractivity contribution in [2.24, 2.45) is 0 Å². The number of carboxylic acid groups (broad SMARTS) is 1. The van der Waals surface area contributed by atoms with Crippen LogP contribution in [0.4, 0.5) is 0 Å². The first kappa shape index (κ1) is 19.2. The van der Waals surface area contributed by atoms with E-state index in [0.29, 0.717) is 0 Å². The monoisotopic (exact) mass is 306 g/mol. The first-order chi connectivity index (χ1) is 8.98. The lowest BCUT2D eigenvalue weighted by atomic mass is 10.0. The maximum absolute atomic E-state index is 10.6. The average molecular weight is 307 g/mol. The normalized spacial score (nSPS) is 11.7. The van der Waals surface area contributed by atoms with E-state index in [9.17, 15) is 4.79 Å². The van der Waals surface area contributed by atoms with Crippen LogP contribution in [0, 0.1) is 0 Å². The highest BCUT2D eigenvalue weighted by Crippen LogP contribution is 2.30. The van der Waals surface area contributed by atoms with Crippen LogP contribution in [-0.2, 0) is 4.79 Å². The molecule has 0 amide bonds. The molecule has 19 heavy (non-hydrogen) atoms. The summed E-state index contributed by atoms with van der Waals surface area (Å²) in [7, 11) is 0. The molecular formula is C15H30O2S2. The zero-order valence-electron chi connectivity index (χ0n) is 12.2. The largest absolute Gasteiger partial charge is 0.481 e. The molecule has 4 heteroatoms. The van der Waals surface area contributed by atoms with Crippen molar-refractivity contribution in [1.82, 2.24) is 0 Å². The van der Waals surface area contributed by atoms with E-state index in [2.05, 4.69) is 32.2 Å². The van der Waals surface area contributed by atoms with E-state index in [1.54, 1.807) is 0 Å². The molecule has 0 saturated carbocycles. The van der Waals surface area contributed by atoms with Gasteiger partial charge in [0.2, 0.25) is 0 Å². The van der Waals surface area contributed by atoms with Crippen molar-refractivity contribution in [3.05, 3.63) is 0 Å². The standard InChI is InChI=1S/C15H30O2S2/c1-2-3-4-5-6-7-8-9-10-11-12-15(18,19)13-14(16)17/h18-19H,2-13H2,1H3,(H,16,17). The molecule has 0 aliphatic rings. The van der Waals surface area contributed by atoms with Crippen molar-refractivity contribution in [3.63, 3.8) is 0 Å². The van der Waals surface area contributed by atoms with Crippen LogP contribution in [0.25, 0.3) is 0 Å². The molecule has 0 aromatic carbocycles. The van der Waals surface area contributed by atoms with Gasteiger partial charge in [-0.1, -0.05) is 71.1 Å². The third-order valence-corrected chi connectivity index (χ3v) is 4.13. The minimum Gasteiger partial charge on any atom is -0.481 e. The Kier molecular flexibility index (Phi) is 12.1. The highest BCUT2D eigenvalue weighted by molar-refractivity contribution is 8.00. The van der Waals surface area contributed by atoms with Crippen molar-refractivity contribution in [1.29, 1.82) is 0 Å². The summed E-state index contributed by atoms with van der Waals surface area (Å²) in [5.74, 6) is -0.822. The van der Waals surface area contributed by atoms with Crippen LogP contribution in [0.3, 0.4) is 0 Å². The highest BCUT2D eigenvalue weighted by atomic mass is 32.2. The molecule has 0 aromatic rings. The highest BCUT2D eigenvalue weighted by Gasteiger charge is 2.23. The average Bonchev–Trinajstić information content (AvgIpc) is 2.30. The molecule has 0 radical (unpaired) electrons. The van der Waals surface area contributed by atoms with Crippen LogP contribution in [0.15, 0.2) is 0 Å². The summed E-state index contributed by atoms with van der Waals surface area (Å²) in [5, 5.41) is 8.71. The van der Waals surface area contributed by atoms with Gasteiger partial charge in [0.05, 0.1) is 10.5 Å². The van der Waals surface area contributed by atoms with E-state index in [0.717, 1.165) is 19.3 Å². The van der Waals surface area contributed by atoms with Gasteiger partial charge in [-0.05, 0) is 6.42 Å². The predicted molar refractivity (Wildman–Crippen MR) is 89.4 cm³/mol. The molecule has 1 N–H and O–H groups in total. The van der Waals surface area contributed by atoms with Gasteiger partial charge in [0.25, 0.3) is 0 Å². The fourth-order valence-electron chi connectivity index (χ4n) is 2.23. The molecule has 0 atom stereocenters. The molecule has 0 aliphatic heterocycles. The SMILES string of the molecule is CCCCCCCCCCCCC(S)(S)CC(=O)O. The van der Waals surface area contributed by atoms with Crippen LogP contribution in [0.2, 0.25) is 0 Å². The lowest BCUT2D eigenvalue weighted by Crippen LogP contribution is -2.18. The lowest BCUT2D eigenvalue weighted by Gasteiger charge is -2.19. The summed E-state index contributed by atoms with van der Waals surface area (Å²) in [6.07, 6.45) is 13.7. The number of hydrogen-bond donors (Lipinski definition) is 3. The Balaban J connectivity index is 3.28. The second-order valence-electron chi connectivity index (χ2n) is 5.48. The first-order valence-electron chi connectivity index (χ1n) is 7.64. The molecular weight excluding hydrogens is 276 g/mol. The second-order valence-corrected chi connectivity index (χ2v) is 7.55. The summed E-state index contributed by atoms with van der Waals surface area (Å²) in [4.78, 5) is 10.6. The van der Waals surface area contributed by atoms with Gasteiger partial charge in [0.1, 0.15) is 0 Å². The zero-order chi connectivity index (χ0) is 14.6. The van der Waals surface area contributed by atoms with Crippen LogP contribution in [0.5, 0.6) is 0 Å². The molecule has 0 bridgehead atoms. The summed E-state index contributed by atoms with van der Waals surface area (Å²) in [5.41, 5.74) is 0. The van der Waals surface area contributed by atoms with Crippen molar-refractivity contribution < 1.29 is 9.90 Å². The maximum atomic E-state index is 10.6. The number of thiol groups is 2. The molecule has 0 fully saturated rings. The van der Waals surface area contributed by atoms with Crippen molar-refractivity contribution >= 4 is 31.2 Å². The molecule has 0 aromatic heterocycles. The van der Waals surface area contributed by atoms with E-state index in [4.69, 9.17) is 5.11 Å². The quantitative estimate of drug-likeness (QED) is 0.244. The Morgan fingerprint density at radius 1 is 0.895 bits per heavy atom. The van der Waals surface area contributed by atoms with Crippen molar-refractivity contribution in [3.8, 4) is 0 Å². The van der Waals surface area contributed by atoms with E-state index < -0.39 is 10.0 Å². The molecule has 0 rings (SSSR count). The minimum atomic E-state index is -0.822. The Labute approximate surface area is 129 Å². The molecule has 2 nitrogen and oxygen atoms in total. The van der Waals surface area contributed by atoms with Gasteiger partial charge in [-0.2, -0.15) is 25.3 Å². The summed E-state index contributed by atoms with van der Waals surface area (Å²) < 4.78 is -0.647. The fourth-order valence-corrected chi connectivity index (χ4v) is 2.81. The zero-order valence-corrected chi connectivity index (χ0v) is 14.0. The van der Waals surface area contributed by atoms with Crippen molar-refractivity contribution in [2.45, 2.75) is 88.1 Å². The smallest absolute Gasteiger partial charge is 0.305 e. The minimum absolute atomic E-state index is 0.0245. The molecule has 0 unspecified atom stereocenters. The summed E-state index contributed by atoms with van der Waals surface area (Å²) in [6, 6.07) is 0. The van der Waals surface area contributed by atoms with E-state index in [-0.39, 0.29) is 6.42 Å². The van der Waals surface area contributed by atoms with Crippen LogP contribution in [0.1, 0.15) is 84.0 Å². The molecule has 0 saturated heterocycles. The van der Waals surface area contributed by atoms with Gasteiger partial charge in [-0.25, -0.2) is 0 Å². The van der Waals surface area contributed by atoms with E-state index in [1.807, 2.05) is 0 Å². The third kappa shape index (κ3) is 14.4. The van der Waals surface area contributed by atoms with Gasteiger partial charge in [0, 0.05) is 0 Å². The molecule has 0 heterocycles. The van der Waals surface area contributed by atoms with Gasteiger partial charge in [-0.15, -0.1) is 0 Å². The number of unbranched alkanes of at least 4 members (excludes halogenated alkanes) is 9. The molecule has 0 spiro atoms. The van der Waals surface area contributed by atoms with Crippen LogP contribution >= 0.6 is 25.3 Å². The Bertz CT molecular complexity index is 230. The number of aliphatic carboxylic acids is 1. The Morgan fingerprint density at radius 3 is 1.74 bits per heavy atom. The van der Waals surface area contributed by atoms with Crippen molar-refractivity contribution in [2.75, 3.05) is 0 Å². The number of hydrogen-bond acceptors (Lipinski definition) is 3.